The molecule has 0 aromatic carbocycles. The Labute approximate surface area is 132 Å². The number of halogens is 1. The van der Waals surface area contributed by atoms with Gasteiger partial charge in [-0.05, 0) is 0 Å². The van der Waals surface area contributed by atoms with Crippen molar-refractivity contribution in [3.05, 3.63) is 42.4 Å². The van der Waals surface area contributed by atoms with E-state index < -0.39 is 0 Å². The van der Waals surface area contributed by atoms with E-state index >= 15 is 0 Å². The smallest absolute Gasteiger partial charge is 0.272 e. The number of hydrogen-bond acceptors (Lipinski definition) is 6. The summed E-state index contributed by atoms with van der Waals surface area (Å²) in [6, 6.07) is 2.96. The molecular formula is C15H16FN5O2. The number of anilines is 1. The van der Waals surface area contributed by atoms with Gasteiger partial charge >= 0.3 is 0 Å². The molecule has 1 aliphatic heterocycles. The fraction of sp³-hybridized carbons (Fsp3) is 0.333. The Balaban J connectivity index is 1.65. The monoisotopic (exact) mass is 317 g/mol. The third-order valence-corrected chi connectivity index (χ3v) is 3.69. The second-order valence-corrected chi connectivity index (χ2v) is 5.09. The number of hydrogen-bond donors (Lipinski definition) is 0. The summed E-state index contributed by atoms with van der Waals surface area (Å²) >= 11 is 0. The molecule has 3 heterocycles. The summed E-state index contributed by atoms with van der Waals surface area (Å²) in [5.41, 5.74) is 1.03. The summed E-state index contributed by atoms with van der Waals surface area (Å²) < 4.78 is 18.2. The number of carbonyl (C=O) groups is 1. The summed E-state index contributed by atoms with van der Waals surface area (Å²) in [6.45, 7) is 2.28. The number of amides is 1. The molecule has 1 aliphatic rings. The molecule has 0 N–H and O–H groups in total. The van der Waals surface area contributed by atoms with Crippen LogP contribution < -0.4 is 9.64 Å². The molecule has 0 atom stereocenters. The highest BCUT2D eigenvalue weighted by atomic mass is 19.1. The molecule has 23 heavy (non-hydrogen) atoms. The van der Waals surface area contributed by atoms with Gasteiger partial charge in [-0.25, -0.2) is 14.4 Å². The van der Waals surface area contributed by atoms with Crippen LogP contribution in [0.25, 0.3) is 0 Å². The van der Waals surface area contributed by atoms with Gasteiger partial charge in [0.1, 0.15) is 17.8 Å². The maximum Gasteiger partial charge on any atom is 0.272 e. The molecule has 0 radical (unpaired) electrons. The average Bonchev–Trinajstić information content (AvgIpc) is 2.61. The molecule has 120 valence electrons. The van der Waals surface area contributed by atoms with Gasteiger partial charge in [-0.3, -0.25) is 9.78 Å². The number of rotatable bonds is 3. The number of ether oxygens (including phenoxy) is 1. The molecule has 1 amide bonds. The highest BCUT2D eigenvalue weighted by Crippen LogP contribution is 2.17. The van der Waals surface area contributed by atoms with Crippen molar-refractivity contribution in [2.24, 2.45) is 0 Å². The summed E-state index contributed by atoms with van der Waals surface area (Å²) in [6.07, 6.45) is 4.10. The fourth-order valence-electron chi connectivity index (χ4n) is 2.47. The van der Waals surface area contributed by atoms with Crippen molar-refractivity contribution in [3.8, 4) is 5.88 Å². The molecule has 0 unspecified atom stereocenters. The van der Waals surface area contributed by atoms with Gasteiger partial charge in [0.15, 0.2) is 0 Å². The topological polar surface area (TPSA) is 71.5 Å². The minimum absolute atomic E-state index is 0.164. The molecule has 0 spiro atoms. The van der Waals surface area contributed by atoms with Gasteiger partial charge in [0.05, 0.1) is 25.2 Å². The molecule has 3 rings (SSSR count). The Hall–Kier alpha value is -2.77. The standard InChI is InChI=1S/C15H16FN5O2/c1-23-14-7-13(18-10-19-14)15(22)21-4-2-20(3-5-21)12-6-11(16)8-17-9-12/h6-10H,2-5H2,1H3. The molecule has 0 bridgehead atoms. The Morgan fingerprint density at radius 2 is 1.96 bits per heavy atom. The predicted molar refractivity (Wildman–Crippen MR) is 80.9 cm³/mol. The number of carbonyl (C=O) groups excluding carboxylic acids is 1. The van der Waals surface area contributed by atoms with Gasteiger partial charge in [0.2, 0.25) is 5.88 Å². The number of pyridine rings is 1. The first kappa shape index (κ1) is 15.1. The van der Waals surface area contributed by atoms with Crippen LogP contribution in [0.4, 0.5) is 10.1 Å². The largest absolute Gasteiger partial charge is 0.481 e. The second kappa shape index (κ2) is 6.55. The van der Waals surface area contributed by atoms with E-state index in [1.807, 2.05) is 4.90 Å². The van der Waals surface area contributed by atoms with E-state index in [9.17, 15) is 9.18 Å². The molecule has 2 aromatic rings. The van der Waals surface area contributed by atoms with Gasteiger partial charge in [-0.1, -0.05) is 0 Å². The van der Waals surface area contributed by atoms with Crippen LogP contribution in [0.5, 0.6) is 5.88 Å². The molecule has 0 aliphatic carbocycles. The maximum atomic E-state index is 13.2. The van der Waals surface area contributed by atoms with E-state index in [4.69, 9.17) is 4.74 Å². The van der Waals surface area contributed by atoms with Crippen molar-refractivity contribution in [2.75, 3.05) is 38.2 Å². The average molecular weight is 317 g/mol. The third kappa shape index (κ3) is 3.36. The first-order chi connectivity index (χ1) is 11.2. The van der Waals surface area contributed by atoms with E-state index in [0.717, 1.165) is 5.69 Å². The van der Waals surface area contributed by atoms with E-state index in [1.54, 1.807) is 11.1 Å². The number of methoxy groups -OCH3 is 1. The van der Waals surface area contributed by atoms with E-state index in [-0.39, 0.29) is 11.7 Å². The van der Waals surface area contributed by atoms with E-state index in [1.165, 1.54) is 31.8 Å². The van der Waals surface area contributed by atoms with Gasteiger partial charge in [0, 0.05) is 38.3 Å². The molecular weight excluding hydrogens is 301 g/mol. The van der Waals surface area contributed by atoms with Crippen molar-refractivity contribution in [3.63, 3.8) is 0 Å². The first-order valence-corrected chi connectivity index (χ1v) is 7.18. The molecule has 1 fully saturated rings. The lowest BCUT2D eigenvalue weighted by molar-refractivity contribution is 0.0740. The maximum absolute atomic E-state index is 13.2. The van der Waals surface area contributed by atoms with Crippen molar-refractivity contribution in [2.45, 2.75) is 0 Å². The minimum Gasteiger partial charge on any atom is -0.481 e. The highest BCUT2D eigenvalue weighted by Gasteiger charge is 2.23. The van der Waals surface area contributed by atoms with E-state index in [0.29, 0.717) is 37.8 Å². The Morgan fingerprint density at radius 3 is 2.65 bits per heavy atom. The van der Waals surface area contributed by atoms with Crippen LogP contribution in [0, 0.1) is 5.82 Å². The van der Waals surface area contributed by atoms with Crippen LogP contribution in [0.15, 0.2) is 30.9 Å². The van der Waals surface area contributed by atoms with Gasteiger partial charge < -0.3 is 14.5 Å². The number of aromatic nitrogens is 3. The van der Waals surface area contributed by atoms with Gasteiger partial charge in [-0.15, -0.1) is 0 Å². The fourth-order valence-corrected chi connectivity index (χ4v) is 2.47. The van der Waals surface area contributed by atoms with Crippen molar-refractivity contribution >= 4 is 11.6 Å². The SMILES string of the molecule is COc1cc(C(=O)N2CCN(c3cncc(F)c3)CC2)ncn1. The molecule has 0 saturated carbocycles. The zero-order valence-electron chi connectivity index (χ0n) is 12.6. The summed E-state index contributed by atoms with van der Waals surface area (Å²) in [5.74, 6) is -0.176. The van der Waals surface area contributed by atoms with Crippen LogP contribution in [0.3, 0.4) is 0 Å². The third-order valence-electron chi connectivity index (χ3n) is 3.69. The summed E-state index contributed by atoms with van der Waals surface area (Å²) in [5, 5.41) is 0. The zero-order valence-corrected chi connectivity index (χ0v) is 12.6. The lowest BCUT2D eigenvalue weighted by atomic mass is 10.2. The molecule has 2 aromatic heterocycles. The summed E-state index contributed by atoms with van der Waals surface area (Å²) in [7, 11) is 1.49. The van der Waals surface area contributed by atoms with Crippen LogP contribution in [0.1, 0.15) is 10.5 Å². The first-order valence-electron chi connectivity index (χ1n) is 7.18. The zero-order chi connectivity index (χ0) is 16.2. The number of piperazine rings is 1. The number of nitrogens with zero attached hydrogens (tertiary/aromatic N) is 5. The summed E-state index contributed by atoms with van der Waals surface area (Å²) in [4.78, 5) is 27.9. The lowest BCUT2D eigenvalue weighted by Gasteiger charge is -2.35. The van der Waals surface area contributed by atoms with Gasteiger partial charge in [0.25, 0.3) is 5.91 Å². The van der Waals surface area contributed by atoms with Crippen molar-refractivity contribution < 1.29 is 13.9 Å². The molecule has 7 nitrogen and oxygen atoms in total. The Bertz CT molecular complexity index is 704. The van der Waals surface area contributed by atoms with Crippen molar-refractivity contribution in [1.29, 1.82) is 0 Å². The van der Waals surface area contributed by atoms with Crippen LogP contribution in [-0.4, -0.2) is 59.0 Å². The van der Waals surface area contributed by atoms with Crippen LogP contribution in [-0.2, 0) is 0 Å². The van der Waals surface area contributed by atoms with E-state index in [2.05, 4.69) is 15.0 Å². The lowest BCUT2D eigenvalue weighted by Crippen LogP contribution is -2.49. The highest BCUT2D eigenvalue weighted by molar-refractivity contribution is 5.92. The van der Waals surface area contributed by atoms with Crippen LogP contribution >= 0.6 is 0 Å². The quantitative estimate of drug-likeness (QED) is 0.840. The minimum atomic E-state index is -0.367. The normalized spacial score (nSPS) is 14.7. The van der Waals surface area contributed by atoms with Crippen molar-refractivity contribution in [1.82, 2.24) is 19.9 Å². The van der Waals surface area contributed by atoms with Crippen LogP contribution in [0.2, 0.25) is 0 Å². The Kier molecular flexibility index (Phi) is 4.31. The second-order valence-electron chi connectivity index (χ2n) is 5.09. The molecule has 8 heteroatoms. The predicted octanol–water partition coefficient (Wildman–Crippen LogP) is 0.982. The van der Waals surface area contributed by atoms with Gasteiger partial charge in [-0.2, -0.15) is 0 Å². The Morgan fingerprint density at radius 1 is 1.17 bits per heavy atom. The molecule has 1 saturated heterocycles.